The molecule has 19 heavy (non-hydrogen) atoms. The molecule has 1 amide bonds. The highest BCUT2D eigenvalue weighted by atomic mass is 79.9. The number of rotatable bonds is 4. The lowest BCUT2D eigenvalue weighted by Crippen LogP contribution is -2.30. The molecule has 1 fully saturated rings. The minimum Gasteiger partial charge on any atom is -0.316 e. The molecule has 1 aliphatic rings. The van der Waals surface area contributed by atoms with Gasteiger partial charge in [0.25, 0.3) is 0 Å². The quantitative estimate of drug-likeness (QED) is 0.895. The maximum Gasteiger partial charge on any atom is 0.225 e. The Morgan fingerprint density at radius 1 is 1.63 bits per heavy atom. The van der Waals surface area contributed by atoms with Crippen molar-refractivity contribution in [1.29, 1.82) is 0 Å². The standard InChI is InChI=1S/C14H20BrN3O/c1-10-7-12(15)9-17-14(10)18-13(19)5-4-11-3-2-6-16-8-11/h7,9,11,16H,2-6,8H2,1H3,(H,17,18,19). The van der Waals surface area contributed by atoms with E-state index < -0.39 is 0 Å². The largest absolute Gasteiger partial charge is 0.316 e. The fraction of sp³-hybridized carbons (Fsp3) is 0.571. The summed E-state index contributed by atoms with van der Waals surface area (Å²) in [5, 5.41) is 6.26. The second-order valence-corrected chi connectivity index (χ2v) is 6.03. The number of anilines is 1. The normalized spacial score (nSPS) is 19.2. The van der Waals surface area contributed by atoms with Gasteiger partial charge in [-0.1, -0.05) is 0 Å². The molecule has 5 heteroatoms. The zero-order valence-electron chi connectivity index (χ0n) is 11.2. The summed E-state index contributed by atoms with van der Waals surface area (Å²) >= 11 is 3.36. The van der Waals surface area contributed by atoms with Gasteiger partial charge < -0.3 is 10.6 Å². The van der Waals surface area contributed by atoms with Gasteiger partial charge in [0, 0.05) is 17.1 Å². The predicted octanol–water partition coefficient (Wildman–Crippen LogP) is 2.87. The molecule has 0 spiro atoms. The van der Waals surface area contributed by atoms with Crippen LogP contribution in [0.4, 0.5) is 5.82 Å². The molecule has 2 heterocycles. The lowest BCUT2D eigenvalue weighted by Gasteiger charge is -2.22. The molecule has 0 saturated carbocycles. The minimum absolute atomic E-state index is 0.0588. The van der Waals surface area contributed by atoms with Crippen molar-refractivity contribution in [1.82, 2.24) is 10.3 Å². The summed E-state index contributed by atoms with van der Waals surface area (Å²) in [5.74, 6) is 1.36. The summed E-state index contributed by atoms with van der Waals surface area (Å²) in [7, 11) is 0. The van der Waals surface area contributed by atoms with E-state index in [0.29, 0.717) is 18.2 Å². The highest BCUT2D eigenvalue weighted by molar-refractivity contribution is 9.10. The van der Waals surface area contributed by atoms with Crippen molar-refractivity contribution in [3.05, 3.63) is 22.3 Å². The molecule has 2 rings (SSSR count). The van der Waals surface area contributed by atoms with Gasteiger partial charge in [-0.3, -0.25) is 4.79 Å². The number of amides is 1. The van der Waals surface area contributed by atoms with Crippen molar-refractivity contribution in [3.63, 3.8) is 0 Å². The number of carbonyl (C=O) groups is 1. The number of carbonyl (C=O) groups excluding carboxylic acids is 1. The topological polar surface area (TPSA) is 54.0 Å². The van der Waals surface area contributed by atoms with Gasteiger partial charge in [-0.05, 0) is 72.8 Å². The molecule has 104 valence electrons. The Hall–Kier alpha value is -0.940. The SMILES string of the molecule is Cc1cc(Br)cnc1NC(=O)CCC1CCCNC1. The van der Waals surface area contributed by atoms with Gasteiger partial charge >= 0.3 is 0 Å². The summed E-state index contributed by atoms with van der Waals surface area (Å²) < 4.78 is 0.927. The van der Waals surface area contributed by atoms with Gasteiger partial charge in [-0.25, -0.2) is 4.98 Å². The van der Waals surface area contributed by atoms with Crippen LogP contribution < -0.4 is 10.6 Å². The number of piperidine rings is 1. The Bertz CT molecular complexity index is 444. The van der Waals surface area contributed by atoms with Crippen LogP contribution in [-0.2, 0) is 4.79 Å². The van der Waals surface area contributed by atoms with Gasteiger partial charge in [0.15, 0.2) is 0 Å². The number of aromatic nitrogens is 1. The maximum absolute atomic E-state index is 11.9. The molecule has 0 aromatic carbocycles. The minimum atomic E-state index is 0.0588. The van der Waals surface area contributed by atoms with Crippen molar-refractivity contribution >= 4 is 27.7 Å². The average molecular weight is 326 g/mol. The van der Waals surface area contributed by atoms with Crippen molar-refractivity contribution < 1.29 is 4.79 Å². The van der Waals surface area contributed by atoms with Crippen LogP contribution in [0.1, 0.15) is 31.2 Å². The third-order valence-electron chi connectivity index (χ3n) is 3.48. The monoisotopic (exact) mass is 325 g/mol. The summed E-state index contributed by atoms with van der Waals surface area (Å²) in [4.78, 5) is 16.1. The fourth-order valence-electron chi connectivity index (χ4n) is 2.37. The Labute approximate surface area is 122 Å². The molecule has 0 aliphatic carbocycles. The number of aryl methyl sites for hydroxylation is 1. The molecule has 1 aliphatic heterocycles. The number of pyridine rings is 1. The van der Waals surface area contributed by atoms with Crippen molar-refractivity contribution in [2.75, 3.05) is 18.4 Å². The second kappa shape index (κ2) is 7.01. The van der Waals surface area contributed by atoms with Gasteiger partial charge in [0.05, 0.1) is 0 Å². The van der Waals surface area contributed by atoms with Crippen molar-refractivity contribution in [2.24, 2.45) is 5.92 Å². The summed E-state index contributed by atoms with van der Waals surface area (Å²) in [6, 6.07) is 1.95. The lowest BCUT2D eigenvalue weighted by atomic mass is 9.94. The molecule has 1 aromatic heterocycles. The summed E-state index contributed by atoms with van der Waals surface area (Å²) in [6.45, 7) is 4.10. The molecule has 4 nitrogen and oxygen atoms in total. The van der Waals surface area contributed by atoms with E-state index in [1.54, 1.807) is 6.20 Å². The highest BCUT2D eigenvalue weighted by Crippen LogP contribution is 2.19. The number of nitrogens with zero attached hydrogens (tertiary/aromatic N) is 1. The van der Waals surface area contributed by atoms with Gasteiger partial charge in [-0.15, -0.1) is 0 Å². The first-order valence-electron chi connectivity index (χ1n) is 6.78. The first-order valence-corrected chi connectivity index (χ1v) is 7.57. The van der Waals surface area contributed by atoms with Crippen molar-refractivity contribution in [3.8, 4) is 0 Å². The Balaban J connectivity index is 1.80. The van der Waals surface area contributed by atoms with Crippen LogP contribution in [0.25, 0.3) is 0 Å². The van der Waals surface area contributed by atoms with Crippen molar-refractivity contribution in [2.45, 2.75) is 32.6 Å². The molecule has 0 radical (unpaired) electrons. The molecule has 0 bridgehead atoms. The van der Waals surface area contributed by atoms with Crippen LogP contribution in [0.15, 0.2) is 16.7 Å². The van der Waals surface area contributed by atoms with Crippen LogP contribution in [0, 0.1) is 12.8 Å². The summed E-state index contributed by atoms with van der Waals surface area (Å²) in [6.07, 6.45) is 5.68. The fourth-order valence-corrected chi connectivity index (χ4v) is 2.82. The first kappa shape index (κ1) is 14.5. The predicted molar refractivity (Wildman–Crippen MR) is 80.1 cm³/mol. The zero-order chi connectivity index (χ0) is 13.7. The molecule has 1 aromatic rings. The van der Waals surface area contributed by atoms with Crippen LogP contribution >= 0.6 is 15.9 Å². The highest BCUT2D eigenvalue weighted by Gasteiger charge is 2.15. The van der Waals surface area contributed by atoms with E-state index in [-0.39, 0.29) is 5.91 Å². The number of halogens is 1. The van der Waals surface area contributed by atoms with Gasteiger partial charge in [-0.2, -0.15) is 0 Å². The molecular formula is C14H20BrN3O. The third-order valence-corrected chi connectivity index (χ3v) is 3.91. The number of nitrogens with one attached hydrogen (secondary N) is 2. The van der Waals surface area contributed by atoms with E-state index in [1.807, 2.05) is 13.0 Å². The van der Waals surface area contributed by atoms with E-state index in [1.165, 1.54) is 12.8 Å². The average Bonchev–Trinajstić information content (AvgIpc) is 2.41. The van der Waals surface area contributed by atoms with E-state index in [9.17, 15) is 4.79 Å². The van der Waals surface area contributed by atoms with E-state index in [0.717, 1.165) is 29.5 Å². The van der Waals surface area contributed by atoms with Gasteiger partial charge in [0.2, 0.25) is 5.91 Å². The maximum atomic E-state index is 11.9. The molecule has 2 N–H and O–H groups in total. The number of hydrogen-bond donors (Lipinski definition) is 2. The van der Waals surface area contributed by atoms with Gasteiger partial charge in [0.1, 0.15) is 5.82 Å². The Kier molecular flexibility index (Phi) is 5.34. The van der Waals surface area contributed by atoms with Crippen LogP contribution in [-0.4, -0.2) is 24.0 Å². The number of hydrogen-bond acceptors (Lipinski definition) is 3. The molecule has 1 unspecified atom stereocenters. The molecule has 1 saturated heterocycles. The first-order chi connectivity index (χ1) is 9.15. The van der Waals surface area contributed by atoms with Crippen LogP contribution in [0.5, 0.6) is 0 Å². The Morgan fingerprint density at radius 3 is 3.16 bits per heavy atom. The third kappa shape index (κ3) is 4.58. The second-order valence-electron chi connectivity index (χ2n) is 5.12. The summed E-state index contributed by atoms with van der Waals surface area (Å²) in [5.41, 5.74) is 0.974. The van der Waals surface area contributed by atoms with E-state index in [4.69, 9.17) is 0 Å². The van der Waals surface area contributed by atoms with E-state index >= 15 is 0 Å². The van der Waals surface area contributed by atoms with E-state index in [2.05, 4.69) is 31.5 Å². The van der Waals surface area contributed by atoms with Crippen LogP contribution in [0.2, 0.25) is 0 Å². The Morgan fingerprint density at radius 2 is 2.47 bits per heavy atom. The molecular weight excluding hydrogens is 306 g/mol. The van der Waals surface area contributed by atoms with Crippen LogP contribution in [0.3, 0.4) is 0 Å². The lowest BCUT2D eigenvalue weighted by molar-refractivity contribution is -0.116. The smallest absolute Gasteiger partial charge is 0.225 e. The zero-order valence-corrected chi connectivity index (χ0v) is 12.8. The molecule has 1 atom stereocenters.